The number of benzene rings is 1. The van der Waals surface area contributed by atoms with E-state index in [1.807, 2.05) is 6.08 Å². The van der Waals surface area contributed by atoms with Crippen molar-refractivity contribution in [3.8, 4) is 5.75 Å². The summed E-state index contributed by atoms with van der Waals surface area (Å²) in [7, 11) is 1.73. The summed E-state index contributed by atoms with van der Waals surface area (Å²) in [5.41, 5.74) is 2.61. The number of nitrogens with one attached hydrogen (secondary N) is 1. The number of aryl methyl sites for hydroxylation is 1. The van der Waals surface area contributed by atoms with E-state index in [4.69, 9.17) is 4.74 Å². The molecule has 1 aromatic carbocycles. The number of halogens is 2. The number of allylic oxidation sites excluding steroid dienone is 1. The van der Waals surface area contributed by atoms with Crippen LogP contribution in [0.3, 0.4) is 0 Å². The van der Waals surface area contributed by atoms with E-state index in [9.17, 15) is 0 Å². The van der Waals surface area contributed by atoms with Crippen LogP contribution in [0, 0.1) is 6.92 Å². The smallest absolute Gasteiger partial charge is 0.121 e. The molecule has 1 atom stereocenters. The lowest BCUT2D eigenvalue weighted by atomic mass is 9.97. The molecule has 1 aromatic rings. The monoisotopic (exact) mass is 346 g/mol. The molecule has 1 aliphatic heterocycles. The molecule has 126 valence electrons. The summed E-state index contributed by atoms with van der Waals surface area (Å²) in [5, 5.41) is 3.42. The first kappa shape index (κ1) is 21.3. The first-order valence-electron chi connectivity index (χ1n) is 7.46. The Balaban J connectivity index is 0.00000220. The van der Waals surface area contributed by atoms with Gasteiger partial charge in [0.05, 0.1) is 7.11 Å². The van der Waals surface area contributed by atoms with E-state index < -0.39 is 0 Å². The van der Waals surface area contributed by atoms with Crippen molar-refractivity contribution in [2.24, 2.45) is 0 Å². The molecule has 1 aliphatic rings. The molecule has 0 spiro atoms. The second-order valence-corrected chi connectivity index (χ2v) is 5.40. The number of hydrogen-bond acceptors (Lipinski definition) is 3. The maximum absolute atomic E-state index is 5.37. The highest BCUT2D eigenvalue weighted by molar-refractivity contribution is 5.85. The van der Waals surface area contributed by atoms with Gasteiger partial charge in [-0.25, -0.2) is 0 Å². The third-order valence-electron chi connectivity index (χ3n) is 4.04. The largest absolute Gasteiger partial charge is 0.496 e. The van der Waals surface area contributed by atoms with Gasteiger partial charge < -0.3 is 10.1 Å². The topological polar surface area (TPSA) is 24.5 Å². The van der Waals surface area contributed by atoms with Crippen LogP contribution in [0.1, 0.15) is 30.0 Å². The molecular weight excluding hydrogens is 319 g/mol. The Morgan fingerprint density at radius 1 is 1.32 bits per heavy atom. The average molecular weight is 347 g/mol. The third-order valence-corrected chi connectivity index (χ3v) is 4.04. The quantitative estimate of drug-likeness (QED) is 0.793. The van der Waals surface area contributed by atoms with Crippen molar-refractivity contribution in [3.63, 3.8) is 0 Å². The van der Waals surface area contributed by atoms with Crippen molar-refractivity contribution in [2.75, 3.05) is 33.3 Å². The van der Waals surface area contributed by atoms with Gasteiger partial charge in [0.15, 0.2) is 0 Å². The molecule has 0 bridgehead atoms. The van der Waals surface area contributed by atoms with Crippen LogP contribution in [-0.2, 0) is 0 Å². The zero-order chi connectivity index (χ0) is 14.4. The van der Waals surface area contributed by atoms with Gasteiger partial charge in [-0.05, 0) is 37.0 Å². The van der Waals surface area contributed by atoms with Gasteiger partial charge in [0.25, 0.3) is 0 Å². The Morgan fingerprint density at radius 2 is 2.00 bits per heavy atom. The Kier molecular flexibility index (Phi) is 10.5. The van der Waals surface area contributed by atoms with Crippen LogP contribution >= 0.6 is 24.8 Å². The highest BCUT2D eigenvalue weighted by Gasteiger charge is 2.21. The summed E-state index contributed by atoms with van der Waals surface area (Å²) in [6.07, 6.45) is 4.21. The first-order chi connectivity index (χ1) is 9.76. The van der Waals surface area contributed by atoms with Gasteiger partial charge in [-0.2, -0.15) is 0 Å². The minimum absolute atomic E-state index is 0. The summed E-state index contributed by atoms with van der Waals surface area (Å²) in [6.45, 7) is 10.4. The summed E-state index contributed by atoms with van der Waals surface area (Å²) in [5.74, 6) is 0.969. The summed E-state index contributed by atoms with van der Waals surface area (Å²) < 4.78 is 5.37. The number of ether oxygens (including phenoxy) is 1. The minimum atomic E-state index is 0. The van der Waals surface area contributed by atoms with E-state index in [0.29, 0.717) is 6.04 Å². The Hall–Kier alpha value is -0.740. The lowest BCUT2D eigenvalue weighted by Gasteiger charge is -2.35. The van der Waals surface area contributed by atoms with Crippen LogP contribution in [0.4, 0.5) is 0 Å². The summed E-state index contributed by atoms with van der Waals surface area (Å²) in [6, 6.07) is 7.06. The van der Waals surface area contributed by atoms with Gasteiger partial charge in [0.2, 0.25) is 0 Å². The Morgan fingerprint density at radius 3 is 2.55 bits per heavy atom. The summed E-state index contributed by atoms with van der Waals surface area (Å²) in [4.78, 5) is 2.58. The van der Waals surface area contributed by atoms with Crippen LogP contribution in [0.2, 0.25) is 0 Å². The highest BCUT2D eigenvalue weighted by atomic mass is 35.5. The molecule has 0 saturated carbocycles. The molecule has 2 rings (SSSR count). The first-order valence-corrected chi connectivity index (χ1v) is 7.46. The van der Waals surface area contributed by atoms with Crippen LogP contribution in [0.25, 0.3) is 0 Å². The van der Waals surface area contributed by atoms with Crippen LogP contribution < -0.4 is 10.1 Å². The lowest BCUT2D eigenvalue weighted by Crippen LogP contribution is -2.45. The number of rotatable bonds is 6. The fraction of sp³-hybridized carbons (Fsp3) is 0.529. The van der Waals surface area contributed by atoms with E-state index in [1.54, 1.807) is 7.11 Å². The van der Waals surface area contributed by atoms with Crippen molar-refractivity contribution in [1.82, 2.24) is 10.2 Å². The molecule has 0 aromatic heterocycles. The third kappa shape index (κ3) is 5.47. The number of nitrogens with zero attached hydrogens (tertiary/aromatic N) is 1. The van der Waals surface area contributed by atoms with Gasteiger partial charge >= 0.3 is 0 Å². The van der Waals surface area contributed by atoms with E-state index in [-0.39, 0.29) is 24.8 Å². The van der Waals surface area contributed by atoms with Crippen LogP contribution in [-0.4, -0.2) is 38.2 Å². The van der Waals surface area contributed by atoms with E-state index in [1.165, 1.54) is 11.1 Å². The van der Waals surface area contributed by atoms with E-state index in [0.717, 1.165) is 44.8 Å². The molecule has 1 saturated heterocycles. The van der Waals surface area contributed by atoms with Gasteiger partial charge in [-0.1, -0.05) is 18.2 Å². The van der Waals surface area contributed by atoms with Crippen molar-refractivity contribution < 1.29 is 4.74 Å². The van der Waals surface area contributed by atoms with Gasteiger partial charge in [-0.3, -0.25) is 4.90 Å². The zero-order valence-electron chi connectivity index (χ0n) is 13.5. The number of methoxy groups -OCH3 is 1. The van der Waals surface area contributed by atoms with Crippen LogP contribution in [0.5, 0.6) is 5.75 Å². The number of piperazine rings is 1. The highest BCUT2D eigenvalue weighted by Crippen LogP contribution is 2.29. The lowest BCUT2D eigenvalue weighted by molar-refractivity contribution is 0.166. The summed E-state index contributed by atoms with van der Waals surface area (Å²) >= 11 is 0. The Bertz CT molecular complexity index is 448. The van der Waals surface area contributed by atoms with Crippen molar-refractivity contribution in [1.29, 1.82) is 0 Å². The van der Waals surface area contributed by atoms with Gasteiger partial charge in [0, 0.05) is 32.2 Å². The van der Waals surface area contributed by atoms with E-state index in [2.05, 4.69) is 41.9 Å². The molecular formula is C17H28Cl2N2O. The van der Waals surface area contributed by atoms with Crippen molar-refractivity contribution in [3.05, 3.63) is 42.0 Å². The molecule has 0 amide bonds. The normalized spacial score (nSPS) is 16.1. The predicted octanol–water partition coefficient (Wildman–Crippen LogP) is 3.76. The molecule has 0 unspecified atom stereocenters. The molecule has 1 N–H and O–H groups in total. The van der Waals surface area contributed by atoms with Crippen molar-refractivity contribution in [2.45, 2.75) is 25.8 Å². The molecule has 1 heterocycles. The molecule has 5 heteroatoms. The maximum Gasteiger partial charge on any atom is 0.121 e. The van der Waals surface area contributed by atoms with Crippen LogP contribution in [0.15, 0.2) is 30.9 Å². The second-order valence-electron chi connectivity index (χ2n) is 5.40. The van der Waals surface area contributed by atoms with Gasteiger partial charge in [0.1, 0.15) is 5.75 Å². The minimum Gasteiger partial charge on any atom is -0.496 e. The second kappa shape index (κ2) is 10.9. The average Bonchev–Trinajstić information content (AvgIpc) is 2.49. The molecule has 0 aliphatic carbocycles. The van der Waals surface area contributed by atoms with Gasteiger partial charge in [-0.15, -0.1) is 31.4 Å². The predicted molar refractivity (Wildman–Crippen MR) is 98.8 cm³/mol. The zero-order valence-corrected chi connectivity index (χ0v) is 15.1. The SMILES string of the molecule is C=CCC[C@@H](c1ccc(OC)c(C)c1)N1CCNCC1.Cl.Cl. The number of hydrogen-bond donors (Lipinski definition) is 1. The fourth-order valence-corrected chi connectivity index (χ4v) is 2.94. The maximum atomic E-state index is 5.37. The Labute approximate surface area is 146 Å². The van der Waals surface area contributed by atoms with E-state index >= 15 is 0 Å². The molecule has 22 heavy (non-hydrogen) atoms. The standard InChI is InChI=1S/C17H26N2O.2ClH/c1-4-5-6-16(19-11-9-18-10-12-19)15-7-8-17(20-3)14(2)13-15;;/h4,7-8,13,16,18H,1,5-6,9-12H2,2-3H3;2*1H/t16-;;/m0../s1. The molecule has 1 fully saturated rings. The molecule has 0 radical (unpaired) electrons. The van der Waals surface area contributed by atoms with Crippen molar-refractivity contribution >= 4 is 24.8 Å². The fourth-order valence-electron chi connectivity index (χ4n) is 2.94. The molecule has 3 nitrogen and oxygen atoms in total.